The van der Waals surface area contributed by atoms with Gasteiger partial charge in [0.1, 0.15) is 11.2 Å². The molecule has 7 heteroatoms. The summed E-state index contributed by atoms with van der Waals surface area (Å²) in [4.78, 5) is 23.0. The molecule has 158 valence electrons. The first-order valence-electron chi connectivity index (χ1n) is 10.9. The Morgan fingerprint density at radius 2 is 1.93 bits per heavy atom. The van der Waals surface area contributed by atoms with E-state index in [1.807, 2.05) is 10.7 Å². The Bertz CT molecular complexity index is 1070. The number of hydrogen-bond acceptors (Lipinski definition) is 5. The predicted molar refractivity (Wildman–Crippen MR) is 116 cm³/mol. The molecule has 7 nitrogen and oxygen atoms in total. The fraction of sp³-hybridized carbons (Fsp3) is 0.522. The summed E-state index contributed by atoms with van der Waals surface area (Å²) in [5, 5.41) is 5.09. The monoisotopic (exact) mass is 407 g/mol. The molecule has 0 radical (unpaired) electrons. The molecule has 0 amide bonds. The normalized spacial score (nSPS) is 24.1. The van der Waals surface area contributed by atoms with Gasteiger partial charge in [-0.15, -0.1) is 0 Å². The molecular weight excluding hydrogens is 378 g/mol. The number of H-pyrrole nitrogens is 1. The predicted octanol–water partition coefficient (Wildman–Crippen LogP) is 3.41. The lowest BCUT2D eigenvalue weighted by Crippen LogP contribution is -2.29. The molecule has 2 aromatic heterocycles. The number of nitrogens with zero attached hydrogens (tertiary/aromatic N) is 4. The van der Waals surface area contributed by atoms with Gasteiger partial charge in [0.15, 0.2) is 5.65 Å². The van der Waals surface area contributed by atoms with E-state index >= 15 is 0 Å². The first-order chi connectivity index (χ1) is 14.7. The minimum atomic E-state index is -0.104. The van der Waals surface area contributed by atoms with Crippen molar-refractivity contribution in [1.82, 2.24) is 24.6 Å². The van der Waals surface area contributed by atoms with E-state index in [1.165, 1.54) is 18.4 Å². The summed E-state index contributed by atoms with van der Waals surface area (Å²) in [5.41, 5.74) is 1.90. The number of nitrogens with one attached hydrogen (secondary N) is 1. The maximum absolute atomic E-state index is 12.8. The van der Waals surface area contributed by atoms with Crippen molar-refractivity contribution in [3.63, 3.8) is 0 Å². The number of aromatic nitrogens is 4. The molecule has 3 heterocycles. The largest absolute Gasteiger partial charge is 0.379 e. The number of rotatable bonds is 5. The van der Waals surface area contributed by atoms with Crippen LogP contribution in [0.4, 0.5) is 0 Å². The van der Waals surface area contributed by atoms with Crippen molar-refractivity contribution in [3.05, 3.63) is 58.3 Å². The van der Waals surface area contributed by atoms with Gasteiger partial charge >= 0.3 is 0 Å². The summed E-state index contributed by atoms with van der Waals surface area (Å²) in [6.45, 7) is 3.79. The average Bonchev–Trinajstić information content (AvgIpc) is 3.52. The first kappa shape index (κ1) is 19.5. The van der Waals surface area contributed by atoms with Crippen LogP contribution < -0.4 is 5.56 Å². The molecular formula is C23H29N5O2. The quantitative estimate of drug-likeness (QED) is 0.701. The molecule has 2 fully saturated rings. The third-order valence-corrected chi connectivity index (χ3v) is 6.92. The Hall–Kier alpha value is -2.51. The molecule has 2 aliphatic rings. The summed E-state index contributed by atoms with van der Waals surface area (Å²) < 4.78 is 7.79. The van der Waals surface area contributed by atoms with Crippen LogP contribution >= 0.6 is 0 Å². The van der Waals surface area contributed by atoms with Crippen molar-refractivity contribution in [2.75, 3.05) is 20.2 Å². The maximum Gasteiger partial charge on any atom is 0.262 e. The van der Waals surface area contributed by atoms with Crippen LogP contribution in [0.3, 0.4) is 0 Å². The summed E-state index contributed by atoms with van der Waals surface area (Å²) in [6.07, 6.45) is 6.43. The topological polar surface area (TPSA) is 76.0 Å². The third kappa shape index (κ3) is 3.36. The Morgan fingerprint density at radius 1 is 1.17 bits per heavy atom. The number of aromatic amines is 1. The van der Waals surface area contributed by atoms with Crippen LogP contribution in [0.2, 0.25) is 0 Å². The van der Waals surface area contributed by atoms with Crippen LogP contribution in [0.1, 0.15) is 62.0 Å². The summed E-state index contributed by atoms with van der Waals surface area (Å²) in [5.74, 6) is 1.01. The molecule has 30 heavy (non-hydrogen) atoms. The van der Waals surface area contributed by atoms with E-state index < -0.39 is 0 Å². The van der Waals surface area contributed by atoms with Crippen molar-refractivity contribution in [2.24, 2.45) is 0 Å². The van der Waals surface area contributed by atoms with Crippen LogP contribution in [0.25, 0.3) is 11.0 Å². The molecule has 3 atom stereocenters. The number of likely N-dealkylation sites (tertiary alicyclic amines) is 1. The molecule has 1 aliphatic carbocycles. The molecule has 1 aliphatic heterocycles. The number of fused-ring (bicyclic) bond motifs is 1. The molecule has 0 bridgehead atoms. The highest BCUT2D eigenvalue weighted by atomic mass is 16.5. The molecule has 5 rings (SSSR count). The molecule has 0 spiro atoms. The van der Waals surface area contributed by atoms with Crippen LogP contribution in [-0.4, -0.2) is 51.0 Å². The van der Waals surface area contributed by atoms with Crippen molar-refractivity contribution in [2.45, 2.75) is 56.7 Å². The van der Waals surface area contributed by atoms with Gasteiger partial charge in [-0.05, 0) is 25.3 Å². The fourth-order valence-electron chi connectivity index (χ4n) is 5.12. The first-order valence-corrected chi connectivity index (χ1v) is 10.9. The van der Waals surface area contributed by atoms with E-state index in [0.717, 1.165) is 31.6 Å². The van der Waals surface area contributed by atoms with Gasteiger partial charge < -0.3 is 9.72 Å². The highest BCUT2D eigenvalue weighted by molar-refractivity contribution is 5.73. The molecule has 1 saturated carbocycles. The van der Waals surface area contributed by atoms with Crippen LogP contribution in [0.5, 0.6) is 0 Å². The lowest BCUT2D eigenvalue weighted by molar-refractivity contribution is 0.0925. The van der Waals surface area contributed by atoms with Crippen molar-refractivity contribution >= 4 is 11.0 Å². The van der Waals surface area contributed by atoms with Gasteiger partial charge in [0.2, 0.25) is 0 Å². The Kier molecular flexibility index (Phi) is 5.16. The van der Waals surface area contributed by atoms with Gasteiger partial charge in [0.25, 0.3) is 5.56 Å². The van der Waals surface area contributed by atoms with E-state index in [1.54, 1.807) is 13.3 Å². The van der Waals surface area contributed by atoms with Gasteiger partial charge in [-0.1, -0.05) is 43.2 Å². The molecule has 1 N–H and O–H groups in total. The lowest BCUT2D eigenvalue weighted by atomic mass is 9.96. The minimum Gasteiger partial charge on any atom is -0.379 e. The second-order valence-electron chi connectivity index (χ2n) is 8.64. The second-order valence-corrected chi connectivity index (χ2v) is 8.64. The summed E-state index contributed by atoms with van der Waals surface area (Å²) in [6, 6.07) is 10.9. The van der Waals surface area contributed by atoms with Crippen LogP contribution in [-0.2, 0) is 4.74 Å². The van der Waals surface area contributed by atoms with Crippen LogP contribution in [0.15, 0.2) is 41.3 Å². The standard InChI is InChI=1S/C23H29N5O2/c1-15(27-13-19(20(14-27)30-2)16-8-4-3-5-9-16)21-25-22-18(23(29)26-21)12-24-28(22)17-10-6-7-11-17/h3-5,8-9,12,15,17,19-20H,6-7,10-11,13-14H2,1-2H3,(H,25,26,29)/t15-,19+,20-/m1/s1. The van der Waals surface area contributed by atoms with Crippen molar-refractivity contribution < 1.29 is 4.74 Å². The van der Waals surface area contributed by atoms with Gasteiger partial charge in [0.05, 0.1) is 24.4 Å². The van der Waals surface area contributed by atoms with E-state index in [-0.39, 0.29) is 17.7 Å². The van der Waals surface area contributed by atoms with Gasteiger partial charge in [0, 0.05) is 26.1 Å². The zero-order valence-electron chi connectivity index (χ0n) is 17.6. The van der Waals surface area contributed by atoms with E-state index in [9.17, 15) is 4.79 Å². The van der Waals surface area contributed by atoms with Crippen molar-refractivity contribution in [1.29, 1.82) is 0 Å². The van der Waals surface area contributed by atoms with Gasteiger partial charge in [-0.3, -0.25) is 9.69 Å². The Balaban J connectivity index is 1.45. The zero-order chi connectivity index (χ0) is 20.7. The summed E-state index contributed by atoms with van der Waals surface area (Å²) in [7, 11) is 1.78. The fourth-order valence-corrected chi connectivity index (χ4v) is 5.12. The number of ether oxygens (including phenoxy) is 1. The summed E-state index contributed by atoms with van der Waals surface area (Å²) >= 11 is 0. The molecule has 3 aromatic rings. The van der Waals surface area contributed by atoms with Crippen LogP contribution in [0, 0.1) is 0 Å². The molecule has 1 saturated heterocycles. The zero-order valence-corrected chi connectivity index (χ0v) is 17.6. The highest BCUT2D eigenvalue weighted by Crippen LogP contribution is 2.34. The Labute approximate surface area is 176 Å². The molecule has 1 aromatic carbocycles. The van der Waals surface area contributed by atoms with E-state index in [0.29, 0.717) is 23.2 Å². The van der Waals surface area contributed by atoms with Gasteiger partial charge in [-0.2, -0.15) is 5.10 Å². The molecule has 0 unspecified atom stereocenters. The maximum atomic E-state index is 12.8. The van der Waals surface area contributed by atoms with Crippen molar-refractivity contribution in [3.8, 4) is 0 Å². The highest BCUT2D eigenvalue weighted by Gasteiger charge is 2.37. The number of methoxy groups -OCH3 is 1. The van der Waals surface area contributed by atoms with Gasteiger partial charge in [-0.25, -0.2) is 9.67 Å². The second kappa shape index (κ2) is 7.96. The van der Waals surface area contributed by atoms with E-state index in [4.69, 9.17) is 9.72 Å². The number of benzene rings is 1. The number of hydrogen-bond donors (Lipinski definition) is 1. The smallest absolute Gasteiger partial charge is 0.262 e. The van der Waals surface area contributed by atoms with E-state index in [2.05, 4.69) is 46.2 Å². The third-order valence-electron chi connectivity index (χ3n) is 6.92. The SMILES string of the molecule is CO[C@@H]1CN([C@H](C)c2nc3c(cnn3C3CCCC3)c(=O)[nH]2)C[C@H]1c1ccccc1. The Morgan fingerprint density at radius 3 is 2.67 bits per heavy atom. The lowest BCUT2D eigenvalue weighted by Gasteiger charge is -2.23. The average molecular weight is 408 g/mol. The minimum absolute atomic E-state index is 0.0135.